The van der Waals surface area contributed by atoms with Gasteiger partial charge in [-0.25, -0.2) is 0 Å². The van der Waals surface area contributed by atoms with Crippen LogP contribution in [0.3, 0.4) is 0 Å². The molecule has 2 rings (SSSR count). The van der Waals surface area contributed by atoms with Gasteiger partial charge in [0.2, 0.25) is 5.91 Å². The van der Waals surface area contributed by atoms with E-state index in [-0.39, 0.29) is 6.54 Å². The Balaban J connectivity index is 2.03. The van der Waals surface area contributed by atoms with Gasteiger partial charge in [0.15, 0.2) is 0 Å². The second-order valence-electron chi connectivity index (χ2n) is 5.22. The van der Waals surface area contributed by atoms with Crippen LogP contribution in [0.4, 0.5) is 18.9 Å². The molecule has 0 heterocycles. The molecule has 0 atom stereocenters. The first-order chi connectivity index (χ1) is 12.3. The van der Waals surface area contributed by atoms with E-state index in [0.29, 0.717) is 16.3 Å². The summed E-state index contributed by atoms with van der Waals surface area (Å²) in [6.45, 7) is -0.368. The number of hydrogen-bond acceptors (Lipinski definition) is 2. The molecule has 2 aromatic rings. The van der Waals surface area contributed by atoms with Crippen LogP contribution in [0.1, 0.15) is 11.1 Å². The van der Waals surface area contributed by atoms with Gasteiger partial charge in [-0.2, -0.15) is 13.2 Å². The lowest BCUT2D eigenvalue weighted by atomic mass is 10.1. The lowest BCUT2D eigenvalue weighted by Gasteiger charge is -2.12. The van der Waals surface area contributed by atoms with Gasteiger partial charge in [0.05, 0.1) is 0 Å². The summed E-state index contributed by atoms with van der Waals surface area (Å²) in [6.07, 6.45) is -2.14. The van der Waals surface area contributed by atoms with E-state index in [2.05, 4.69) is 5.32 Å². The molecule has 0 bridgehead atoms. The fourth-order valence-corrected chi connectivity index (χ4v) is 2.23. The average Bonchev–Trinajstić information content (AvgIpc) is 2.58. The molecule has 0 spiro atoms. The van der Waals surface area contributed by atoms with Gasteiger partial charge in [0.1, 0.15) is 0 Å². The maximum atomic E-state index is 12.3. The van der Waals surface area contributed by atoms with Gasteiger partial charge in [-0.05, 0) is 35.4 Å². The van der Waals surface area contributed by atoms with E-state index in [1.165, 1.54) is 18.2 Å². The minimum Gasteiger partial charge on any atom is -0.344 e. The van der Waals surface area contributed by atoms with E-state index in [1.54, 1.807) is 47.8 Å². The third kappa shape index (κ3) is 5.93. The number of benzene rings is 2. The number of carbonyl (C=O) groups is 2. The van der Waals surface area contributed by atoms with Crippen LogP contribution in [0.25, 0.3) is 6.08 Å². The second kappa shape index (κ2) is 8.53. The maximum absolute atomic E-state index is 12.3. The van der Waals surface area contributed by atoms with E-state index in [0.717, 1.165) is 5.56 Å². The number of anilines is 1. The highest BCUT2D eigenvalue weighted by Gasteiger charge is 2.38. The van der Waals surface area contributed by atoms with Crippen molar-refractivity contribution in [2.75, 3.05) is 5.32 Å². The molecule has 4 nitrogen and oxygen atoms in total. The lowest BCUT2D eigenvalue weighted by molar-refractivity contribution is -0.173. The fourth-order valence-electron chi connectivity index (χ4n) is 2.03. The number of rotatable bonds is 5. The Morgan fingerprint density at radius 1 is 1.08 bits per heavy atom. The third-order valence-corrected chi connectivity index (χ3v) is 3.48. The van der Waals surface area contributed by atoms with Crippen molar-refractivity contribution in [2.45, 2.75) is 12.7 Å². The predicted molar refractivity (Wildman–Crippen MR) is 93.5 cm³/mol. The van der Waals surface area contributed by atoms with E-state index in [1.807, 2.05) is 0 Å². The summed E-state index contributed by atoms with van der Waals surface area (Å²) in [4.78, 5) is 22.9. The highest BCUT2D eigenvalue weighted by molar-refractivity contribution is 6.30. The fraction of sp³-hybridized carbons (Fsp3) is 0.111. The van der Waals surface area contributed by atoms with Crippen LogP contribution in [0.5, 0.6) is 0 Å². The van der Waals surface area contributed by atoms with E-state index in [4.69, 9.17) is 11.6 Å². The predicted octanol–water partition coefficient (Wildman–Crippen LogP) is 4.17. The highest BCUT2D eigenvalue weighted by Crippen LogP contribution is 2.18. The highest BCUT2D eigenvalue weighted by atomic mass is 35.5. The summed E-state index contributed by atoms with van der Waals surface area (Å²) in [6, 6.07) is 13.1. The van der Waals surface area contributed by atoms with E-state index < -0.39 is 18.0 Å². The van der Waals surface area contributed by atoms with Crippen LogP contribution in [0.15, 0.2) is 54.6 Å². The summed E-state index contributed by atoms with van der Waals surface area (Å²) < 4.78 is 36.8. The van der Waals surface area contributed by atoms with Gasteiger partial charge in [0.25, 0.3) is 0 Å². The van der Waals surface area contributed by atoms with Crippen LogP contribution in [0.2, 0.25) is 5.02 Å². The number of alkyl halides is 3. The molecule has 0 aliphatic carbocycles. The van der Waals surface area contributed by atoms with Gasteiger partial charge in [-0.3, -0.25) is 9.59 Å². The summed E-state index contributed by atoms with van der Waals surface area (Å²) in [5.41, 5.74) is 1.36. The molecule has 0 saturated carbocycles. The van der Waals surface area contributed by atoms with Crippen LogP contribution >= 0.6 is 11.6 Å². The first kappa shape index (κ1) is 19.5. The van der Waals surface area contributed by atoms with Crippen molar-refractivity contribution in [3.63, 3.8) is 0 Å². The Morgan fingerprint density at radius 3 is 2.50 bits per heavy atom. The molecule has 26 heavy (non-hydrogen) atoms. The molecule has 0 radical (unpaired) electrons. The van der Waals surface area contributed by atoms with Crippen molar-refractivity contribution in [3.8, 4) is 0 Å². The summed E-state index contributed by atoms with van der Waals surface area (Å²) in [5, 5.41) is 4.86. The molecular weight excluding hydrogens is 369 g/mol. The number of para-hydroxylation sites is 1. The third-order valence-electron chi connectivity index (χ3n) is 3.25. The Hall–Kier alpha value is -2.80. The summed E-state index contributed by atoms with van der Waals surface area (Å²) in [5.74, 6) is -2.51. The number of carbonyl (C=O) groups excluding carboxylic acids is 2. The Bertz CT molecular complexity index is 835. The zero-order chi connectivity index (χ0) is 19.2. The molecule has 0 saturated heterocycles. The Morgan fingerprint density at radius 2 is 1.81 bits per heavy atom. The van der Waals surface area contributed by atoms with Crippen molar-refractivity contribution in [1.29, 1.82) is 0 Å². The molecular formula is C18H14ClF3N2O2. The number of nitrogens with one attached hydrogen (secondary N) is 2. The Kier molecular flexibility index (Phi) is 6.41. The topological polar surface area (TPSA) is 58.2 Å². The van der Waals surface area contributed by atoms with Crippen LogP contribution in [-0.4, -0.2) is 18.0 Å². The molecule has 0 aliphatic heterocycles. The SMILES string of the molecule is O=C(/C=C/c1cccc(Cl)c1)Nc1ccccc1CNC(=O)C(F)(F)F. The molecule has 0 fully saturated rings. The van der Waals surface area contributed by atoms with Crippen molar-refractivity contribution in [1.82, 2.24) is 5.32 Å². The standard InChI is InChI=1S/C18H14ClF3N2O2/c19-14-6-3-4-12(10-14)8-9-16(25)24-15-7-2-1-5-13(15)11-23-17(26)18(20,21)22/h1-10H,11H2,(H,23,26)(H,24,25)/b9-8+. The van der Waals surface area contributed by atoms with Crippen molar-refractivity contribution < 1.29 is 22.8 Å². The lowest BCUT2D eigenvalue weighted by Crippen LogP contribution is -2.36. The smallest absolute Gasteiger partial charge is 0.344 e. The number of amides is 2. The first-order valence-corrected chi connectivity index (χ1v) is 7.81. The summed E-state index contributed by atoms with van der Waals surface area (Å²) in [7, 11) is 0. The zero-order valence-electron chi connectivity index (χ0n) is 13.3. The first-order valence-electron chi connectivity index (χ1n) is 7.43. The molecule has 0 aromatic heterocycles. The molecule has 136 valence electrons. The largest absolute Gasteiger partial charge is 0.471 e. The number of halogens is 4. The zero-order valence-corrected chi connectivity index (χ0v) is 14.1. The molecule has 0 aliphatic rings. The maximum Gasteiger partial charge on any atom is 0.471 e. The van der Waals surface area contributed by atoms with Crippen LogP contribution < -0.4 is 10.6 Å². The molecule has 8 heteroatoms. The molecule has 0 unspecified atom stereocenters. The molecule has 2 aromatic carbocycles. The van der Waals surface area contributed by atoms with E-state index >= 15 is 0 Å². The normalized spacial score (nSPS) is 11.4. The van der Waals surface area contributed by atoms with Gasteiger partial charge in [-0.15, -0.1) is 0 Å². The van der Waals surface area contributed by atoms with Crippen molar-refractivity contribution >= 4 is 35.2 Å². The monoisotopic (exact) mass is 382 g/mol. The minimum absolute atomic E-state index is 0.302. The van der Waals surface area contributed by atoms with Crippen molar-refractivity contribution in [3.05, 3.63) is 70.8 Å². The minimum atomic E-state index is -4.96. The van der Waals surface area contributed by atoms with Gasteiger partial charge in [-0.1, -0.05) is 41.9 Å². The average molecular weight is 383 g/mol. The van der Waals surface area contributed by atoms with Gasteiger partial charge in [0, 0.05) is 23.3 Å². The Labute approximate surface area is 152 Å². The van der Waals surface area contributed by atoms with Gasteiger partial charge < -0.3 is 10.6 Å². The summed E-state index contributed by atoms with van der Waals surface area (Å²) >= 11 is 5.85. The van der Waals surface area contributed by atoms with Gasteiger partial charge >= 0.3 is 12.1 Å². The molecule has 2 N–H and O–H groups in total. The number of hydrogen-bond donors (Lipinski definition) is 2. The van der Waals surface area contributed by atoms with Crippen LogP contribution in [-0.2, 0) is 16.1 Å². The van der Waals surface area contributed by atoms with Crippen molar-refractivity contribution in [2.24, 2.45) is 0 Å². The quantitative estimate of drug-likeness (QED) is 0.762. The van der Waals surface area contributed by atoms with Crippen LogP contribution in [0, 0.1) is 0 Å². The molecule has 2 amide bonds. The second-order valence-corrected chi connectivity index (χ2v) is 5.65. The van der Waals surface area contributed by atoms with E-state index in [9.17, 15) is 22.8 Å².